The smallest absolute Gasteiger partial charge is 0.264 e. The van der Waals surface area contributed by atoms with E-state index in [9.17, 15) is 13.2 Å². The van der Waals surface area contributed by atoms with Crippen LogP contribution in [0, 0.1) is 12.3 Å². The maximum Gasteiger partial charge on any atom is 0.416 e. The zero-order chi connectivity index (χ0) is 9.90. The summed E-state index contributed by atoms with van der Waals surface area (Å²) in [6.45, 7) is 0. The van der Waals surface area contributed by atoms with Crippen molar-refractivity contribution in [2.75, 3.05) is 0 Å². The average Bonchev–Trinajstić information content (AvgIpc) is 2.04. The van der Waals surface area contributed by atoms with Crippen LogP contribution >= 0.6 is 0 Å². The summed E-state index contributed by atoms with van der Waals surface area (Å²) in [7, 11) is 0. The molecule has 0 amide bonds. The van der Waals surface area contributed by atoms with Crippen LogP contribution in [-0.4, -0.2) is 4.98 Å². The van der Waals surface area contributed by atoms with E-state index in [1.807, 2.05) is 0 Å². The largest absolute Gasteiger partial charge is 0.416 e. The third kappa shape index (κ3) is 2.22. The lowest BCUT2D eigenvalue weighted by Gasteiger charge is -2.09. The van der Waals surface area contributed by atoms with E-state index in [-0.39, 0.29) is 12.0 Å². The second-order valence-electron chi connectivity index (χ2n) is 2.41. The van der Waals surface area contributed by atoms with Gasteiger partial charge in [-0.1, -0.05) is 0 Å². The van der Waals surface area contributed by atoms with Gasteiger partial charge in [0.25, 0.3) is 0 Å². The van der Waals surface area contributed by atoms with Crippen LogP contribution in [0.2, 0.25) is 0 Å². The summed E-state index contributed by atoms with van der Waals surface area (Å²) in [5.41, 5.74) is -0.669. The molecule has 0 aliphatic rings. The fourth-order valence-electron chi connectivity index (χ4n) is 0.955. The molecule has 0 bridgehead atoms. The zero-order valence-corrected chi connectivity index (χ0v) is 6.60. The van der Waals surface area contributed by atoms with Crippen molar-refractivity contribution < 1.29 is 13.2 Å². The molecule has 1 nitrogen and oxygen atoms in total. The van der Waals surface area contributed by atoms with Crippen molar-refractivity contribution in [3.05, 3.63) is 29.6 Å². The second kappa shape index (κ2) is 3.48. The Morgan fingerprint density at radius 2 is 2.15 bits per heavy atom. The summed E-state index contributed by atoms with van der Waals surface area (Å²) in [5, 5.41) is 0. The number of alkyl halides is 3. The first-order valence-corrected chi connectivity index (χ1v) is 3.49. The molecule has 1 heterocycles. The number of hydrogen-bond donors (Lipinski definition) is 0. The monoisotopic (exact) mass is 185 g/mol. The topological polar surface area (TPSA) is 12.9 Å². The maximum absolute atomic E-state index is 12.3. The minimum Gasteiger partial charge on any atom is -0.264 e. The fourth-order valence-corrected chi connectivity index (χ4v) is 0.955. The minimum absolute atomic E-state index is 0.0394. The van der Waals surface area contributed by atoms with E-state index in [0.29, 0.717) is 0 Å². The van der Waals surface area contributed by atoms with E-state index in [1.165, 1.54) is 0 Å². The van der Waals surface area contributed by atoms with Gasteiger partial charge in [-0.05, 0) is 11.6 Å². The van der Waals surface area contributed by atoms with E-state index in [1.54, 1.807) is 0 Å². The number of rotatable bonds is 1. The van der Waals surface area contributed by atoms with Crippen molar-refractivity contribution in [2.24, 2.45) is 0 Å². The highest BCUT2D eigenvalue weighted by molar-refractivity contribution is 5.29. The summed E-state index contributed by atoms with van der Waals surface area (Å²) >= 11 is 0. The molecule has 0 atom stereocenters. The van der Waals surface area contributed by atoms with Crippen LogP contribution in [0.4, 0.5) is 13.2 Å². The van der Waals surface area contributed by atoms with Crippen LogP contribution in [0.3, 0.4) is 0 Å². The highest BCUT2D eigenvalue weighted by atomic mass is 19.4. The third-order valence-electron chi connectivity index (χ3n) is 1.50. The molecule has 0 radical (unpaired) electrons. The fraction of sp³-hybridized carbons (Fsp3) is 0.222. The summed E-state index contributed by atoms with van der Waals surface area (Å²) in [4.78, 5) is 3.58. The molecule has 0 unspecified atom stereocenters. The Balaban J connectivity index is 3.14. The molecule has 0 fully saturated rings. The minimum atomic E-state index is -4.35. The van der Waals surface area contributed by atoms with Gasteiger partial charge in [-0.2, -0.15) is 13.2 Å². The average molecular weight is 185 g/mol. The van der Waals surface area contributed by atoms with E-state index >= 15 is 0 Å². The van der Waals surface area contributed by atoms with Gasteiger partial charge >= 0.3 is 6.18 Å². The van der Waals surface area contributed by atoms with Crippen molar-refractivity contribution >= 4 is 0 Å². The van der Waals surface area contributed by atoms with Gasteiger partial charge in [-0.3, -0.25) is 4.98 Å². The lowest BCUT2D eigenvalue weighted by Crippen LogP contribution is -2.09. The molecule has 68 valence electrons. The maximum atomic E-state index is 12.3. The molecule has 1 aromatic rings. The second-order valence-corrected chi connectivity index (χ2v) is 2.41. The molecule has 0 aromatic carbocycles. The molecule has 13 heavy (non-hydrogen) atoms. The SMILES string of the molecule is C#CCc1cnccc1C(F)(F)F. The molecule has 1 aromatic heterocycles. The standard InChI is InChI=1S/C9H6F3N/c1-2-3-7-6-13-5-4-8(7)9(10,11)12/h1,4-6H,3H2. The number of pyridine rings is 1. The van der Waals surface area contributed by atoms with Crippen molar-refractivity contribution in [2.45, 2.75) is 12.6 Å². The van der Waals surface area contributed by atoms with Gasteiger partial charge in [0.05, 0.1) is 5.56 Å². The van der Waals surface area contributed by atoms with Gasteiger partial charge in [-0.25, -0.2) is 0 Å². The Bertz CT molecular complexity index is 335. The summed E-state index contributed by atoms with van der Waals surface area (Å²) in [5.74, 6) is 2.16. The van der Waals surface area contributed by atoms with Crippen molar-refractivity contribution in [3.8, 4) is 12.3 Å². The van der Waals surface area contributed by atoms with Gasteiger partial charge in [0.2, 0.25) is 0 Å². The molecule has 4 heteroatoms. The number of halogens is 3. The Morgan fingerprint density at radius 1 is 1.46 bits per heavy atom. The first-order valence-electron chi connectivity index (χ1n) is 3.49. The Morgan fingerprint density at radius 3 is 2.69 bits per heavy atom. The van der Waals surface area contributed by atoms with Gasteiger partial charge in [0.15, 0.2) is 0 Å². The zero-order valence-electron chi connectivity index (χ0n) is 6.60. The first-order chi connectivity index (χ1) is 6.05. The predicted octanol–water partition coefficient (Wildman–Crippen LogP) is 2.28. The highest BCUT2D eigenvalue weighted by Crippen LogP contribution is 2.31. The molecular formula is C9H6F3N. The molecule has 0 aliphatic carbocycles. The van der Waals surface area contributed by atoms with Crippen molar-refractivity contribution in [1.82, 2.24) is 4.98 Å². The summed E-state index contributed by atoms with van der Waals surface area (Å²) < 4.78 is 36.8. The van der Waals surface area contributed by atoms with Crippen LogP contribution in [0.5, 0.6) is 0 Å². The highest BCUT2D eigenvalue weighted by Gasteiger charge is 2.32. The van der Waals surface area contributed by atoms with E-state index in [4.69, 9.17) is 6.42 Å². The van der Waals surface area contributed by atoms with Crippen LogP contribution in [0.1, 0.15) is 11.1 Å². The van der Waals surface area contributed by atoms with Gasteiger partial charge in [-0.15, -0.1) is 12.3 Å². The Hall–Kier alpha value is -1.50. The van der Waals surface area contributed by atoms with Crippen LogP contribution in [0.15, 0.2) is 18.5 Å². The molecule has 1 rings (SSSR count). The predicted molar refractivity (Wildman–Crippen MR) is 41.8 cm³/mol. The molecule has 0 spiro atoms. The Labute approximate surface area is 73.6 Å². The lowest BCUT2D eigenvalue weighted by molar-refractivity contribution is -0.138. The van der Waals surface area contributed by atoms with E-state index in [0.717, 1.165) is 18.5 Å². The van der Waals surface area contributed by atoms with Gasteiger partial charge in [0.1, 0.15) is 0 Å². The molecule has 0 saturated heterocycles. The van der Waals surface area contributed by atoms with E-state index < -0.39 is 11.7 Å². The molecule has 0 aliphatic heterocycles. The lowest BCUT2D eigenvalue weighted by atomic mass is 10.1. The van der Waals surface area contributed by atoms with Gasteiger partial charge < -0.3 is 0 Å². The van der Waals surface area contributed by atoms with E-state index in [2.05, 4.69) is 10.9 Å². The summed E-state index contributed by atoms with van der Waals surface area (Å²) in [6, 6.07) is 0.923. The number of aromatic nitrogens is 1. The number of hydrogen-bond acceptors (Lipinski definition) is 1. The Kier molecular flexibility index (Phi) is 2.57. The normalized spacial score (nSPS) is 10.9. The number of terminal acetylenes is 1. The quantitative estimate of drug-likeness (QED) is 0.611. The van der Waals surface area contributed by atoms with Crippen LogP contribution in [0.25, 0.3) is 0 Å². The summed E-state index contributed by atoms with van der Waals surface area (Å²) in [6.07, 6.45) is 2.76. The van der Waals surface area contributed by atoms with Crippen LogP contribution in [-0.2, 0) is 12.6 Å². The van der Waals surface area contributed by atoms with Gasteiger partial charge in [0, 0.05) is 18.8 Å². The first kappa shape index (κ1) is 9.59. The number of nitrogens with zero attached hydrogens (tertiary/aromatic N) is 1. The molecular weight excluding hydrogens is 179 g/mol. The molecule has 0 saturated carbocycles. The van der Waals surface area contributed by atoms with Crippen LogP contribution < -0.4 is 0 Å². The van der Waals surface area contributed by atoms with Crippen molar-refractivity contribution in [3.63, 3.8) is 0 Å². The third-order valence-corrected chi connectivity index (χ3v) is 1.50. The molecule has 0 N–H and O–H groups in total. The van der Waals surface area contributed by atoms with Crippen molar-refractivity contribution in [1.29, 1.82) is 0 Å².